The predicted molar refractivity (Wildman–Crippen MR) is 203 cm³/mol. The van der Waals surface area contributed by atoms with Crippen LogP contribution in [0.4, 0.5) is 11.4 Å². The Bertz CT molecular complexity index is 2380. The Hall–Kier alpha value is -3.88. The molecule has 282 valence electrons. The molecule has 53 heavy (non-hydrogen) atoms. The molecule has 0 saturated heterocycles. The number of hydrogen-bond donors (Lipinski definition) is 3. The zero-order valence-corrected chi connectivity index (χ0v) is 32.3. The quantitative estimate of drug-likeness (QED) is 0.121. The number of benzene rings is 3. The molecule has 0 aliphatic carbocycles. The number of para-hydroxylation sites is 1. The SMILES string of the molecule is CC.CC1(C)C2=[N+](CCC3OC4CCN5C(=C4C=C23)C(C)(CCCCCC(=O)O)c2ccccc25)c2ccc3c(S(=O)(=O)O)cc(S(=O)(=O)O)cc3c21. The molecule has 5 aliphatic rings. The van der Waals surface area contributed by atoms with Crippen LogP contribution in [0.25, 0.3) is 10.8 Å². The monoisotopic (exact) mass is 763 g/mol. The van der Waals surface area contributed by atoms with Crippen LogP contribution < -0.4 is 4.90 Å². The van der Waals surface area contributed by atoms with Crippen molar-refractivity contribution in [3.63, 3.8) is 0 Å². The molecule has 11 nitrogen and oxygen atoms in total. The molecule has 0 amide bonds. The largest absolute Gasteiger partial charge is 0.481 e. The fourth-order valence-electron chi connectivity index (χ4n) is 9.63. The number of allylic oxidation sites excluding steroid dienone is 1. The number of carboxylic acids is 1. The van der Waals surface area contributed by atoms with E-state index in [2.05, 4.69) is 46.7 Å². The van der Waals surface area contributed by atoms with E-state index < -0.39 is 41.4 Å². The van der Waals surface area contributed by atoms with E-state index in [9.17, 15) is 35.8 Å². The summed E-state index contributed by atoms with van der Waals surface area (Å²) in [4.78, 5) is 12.4. The Labute approximate surface area is 311 Å². The van der Waals surface area contributed by atoms with E-state index in [-0.39, 0.29) is 29.4 Å². The van der Waals surface area contributed by atoms with Gasteiger partial charge in [-0.1, -0.05) is 44.9 Å². The third-order valence-corrected chi connectivity index (χ3v) is 13.4. The lowest BCUT2D eigenvalue weighted by Crippen LogP contribution is -2.47. The van der Waals surface area contributed by atoms with Gasteiger partial charge in [0.1, 0.15) is 4.90 Å². The van der Waals surface area contributed by atoms with Gasteiger partial charge in [0, 0.05) is 64.3 Å². The minimum atomic E-state index is -4.85. The van der Waals surface area contributed by atoms with Gasteiger partial charge < -0.3 is 14.7 Å². The van der Waals surface area contributed by atoms with E-state index in [1.54, 1.807) is 6.07 Å². The van der Waals surface area contributed by atoms with E-state index in [0.29, 0.717) is 30.3 Å². The normalized spacial score (nSPS) is 24.0. The summed E-state index contributed by atoms with van der Waals surface area (Å²) in [5.41, 5.74) is 7.25. The lowest BCUT2D eigenvalue weighted by molar-refractivity contribution is -0.445. The summed E-state index contributed by atoms with van der Waals surface area (Å²) >= 11 is 0. The fraction of sp³-hybridized carbons (Fsp3) is 0.450. The van der Waals surface area contributed by atoms with Crippen molar-refractivity contribution in [2.45, 2.75) is 112 Å². The van der Waals surface area contributed by atoms with Crippen molar-refractivity contribution < 1.29 is 45.2 Å². The molecule has 0 fully saturated rings. The van der Waals surface area contributed by atoms with Gasteiger partial charge in [-0.2, -0.15) is 21.4 Å². The molecule has 5 heterocycles. The van der Waals surface area contributed by atoms with E-state index in [0.717, 1.165) is 60.8 Å². The lowest BCUT2D eigenvalue weighted by atomic mass is 9.71. The fourth-order valence-corrected chi connectivity index (χ4v) is 11.0. The number of anilines is 1. The minimum Gasteiger partial charge on any atom is -0.481 e. The molecule has 0 bridgehead atoms. The summed E-state index contributed by atoms with van der Waals surface area (Å²) in [6, 6.07) is 14.0. The first-order valence-corrected chi connectivity index (χ1v) is 21.3. The third kappa shape index (κ3) is 5.95. The molecular weight excluding hydrogens is 717 g/mol. The van der Waals surface area contributed by atoms with Crippen LogP contribution in [-0.4, -0.2) is 72.6 Å². The Kier molecular flexibility index (Phi) is 9.29. The number of aliphatic carboxylic acids is 1. The summed E-state index contributed by atoms with van der Waals surface area (Å²) in [6.45, 7) is 11.8. The predicted octanol–water partition coefficient (Wildman–Crippen LogP) is 7.30. The van der Waals surface area contributed by atoms with Gasteiger partial charge in [-0.15, -0.1) is 0 Å². The van der Waals surface area contributed by atoms with Crippen molar-refractivity contribution in [1.82, 2.24) is 0 Å². The zero-order valence-electron chi connectivity index (χ0n) is 30.7. The van der Waals surface area contributed by atoms with Gasteiger partial charge in [0.15, 0.2) is 12.3 Å². The van der Waals surface area contributed by atoms with E-state index >= 15 is 0 Å². The molecule has 5 aliphatic heterocycles. The van der Waals surface area contributed by atoms with Crippen LogP contribution in [0.5, 0.6) is 0 Å². The van der Waals surface area contributed by atoms with Gasteiger partial charge in [-0.3, -0.25) is 13.9 Å². The highest BCUT2D eigenvalue weighted by Crippen LogP contribution is 2.56. The average molecular weight is 764 g/mol. The van der Waals surface area contributed by atoms with Gasteiger partial charge in [-0.05, 0) is 81.3 Å². The number of ether oxygens (including phenoxy) is 1. The summed E-state index contributed by atoms with van der Waals surface area (Å²) in [5, 5.41) is 9.66. The number of unbranched alkanes of at least 4 members (excludes halogenated alkanes) is 2. The number of fused-ring (bicyclic) bond motifs is 10. The highest BCUT2D eigenvalue weighted by Gasteiger charge is 2.55. The van der Waals surface area contributed by atoms with Crippen molar-refractivity contribution in [3.05, 3.63) is 82.6 Å². The lowest BCUT2D eigenvalue weighted by Gasteiger charge is -2.43. The van der Waals surface area contributed by atoms with Crippen LogP contribution in [0.15, 0.2) is 81.2 Å². The van der Waals surface area contributed by atoms with Gasteiger partial charge in [0.25, 0.3) is 20.2 Å². The highest BCUT2D eigenvalue weighted by molar-refractivity contribution is 7.86. The van der Waals surface area contributed by atoms with Crippen LogP contribution in [0.3, 0.4) is 0 Å². The van der Waals surface area contributed by atoms with Gasteiger partial charge in [0.2, 0.25) is 5.69 Å². The Morgan fingerprint density at radius 3 is 2.36 bits per heavy atom. The van der Waals surface area contributed by atoms with Crippen LogP contribution >= 0.6 is 0 Å². The van der Waals surface area contributed by atoms with Crippen molar-refractivity contribution in [2.24, 2.45) is 0 Å². The molecular formula is C40H47N2O9S2+. The van der Waals surface area contributed by atoms with E-state index in [1.165, 1.54) is 23.0 Å². The Balaban J connectivity index is 0.00000214. The molecule has 8 rings (SSSR count). The maximum atomic E-state index is 12.5. The smallest absolute Gasteiger partial charge is 0.303 e. The second-order valence-corrected chi connectivity index (χ2v) is 17.9. The molecule has 3 unspecified atom stereocenters. The standard InChI is InChI=1S/C38H40N2O9S2.C2H6/c1-37(2)34-24-19-22(50(43,44)45)20-32(51(46,47)48)23(24)12-13-29(34)40-18-15-30-25(35(37)40)21-26-31(49-30)14-17-39-28-10-7-6-9-27(28)38(3,36(26)39)16-8-4-5-11-33(41)42;1-2/h6-7,9-10,12-13,19-21,30-31H,4-5,8,11,14-18H2,1-3H3,(H2-,41,42,43,44,45,46,47,48);1-2H3/p+1. The maximum Gasteiger partial charge on any atom is 0.303 e. The van der Waals surface area contributed by atoms with Crippen LogP contribution in [0.1, 0.15) is 90.7 Å². The number of hydrogen-bond acceptors (Lipinski definition) is 7. The zero-order chi connectivity index (χ0) is 38.2. The average Bonchev–Trinajstić information content (AvgIpc) is 3.51. The third-order valence-electron chi connectivity index (χ3n) is 11.7. The van der Waals surface area contributed by atoms with E-state index in [1.807, 2.05) is 33.8 Å². The first-order valence-electron chi connectivity index (χ1n) is 18.4. The Morgan fingerprint density at radius 2 is 1.66 bits per heavy atom. The summed E-state index contributed by atoms with van der Waals surface area (Å²) < 4.78 is 79.1. The van der Waals surface area contributed by atoms with Gasteiger partial charge in [-0.25, -0.2) is 0 Å². The van der Waals surface area contributed by atoms with Crippen molar-refractivity contribution in [3.8, 4) is 0 Å². The molecule has 0 saturated carbocycles. The van der Waals surface area contributed by atoms with Crippen molar-refractivity contribution in [1.29, 1.82) is 0 Å². The molecule has 13 heteroatoms. The molecule has 0 spiro atoms. The van der Waals surface area contributed by atoms with Crippen LogP contribution in [0, 0.1) is 0 Å². The summed E-state index contributed by atoms with van der Waals surface area (Å²) in [6.07, 6.45) is 6.93. The first-order chi connectivity index (χ1) is 25.0. The maximum absolute atomic E-state index is 12.5. The number of carbonyl (C=O) groups is 1. The van der Waals surface area contributed by atoms with Crippen molar-refractivity contribution in [2.75, 3.05) is 18.0 Å². The second kappa shape index (κ2) is 13.2. The molecule has 3 aromatic carbocycles. The number of carboxylic acid groups (broad SMARTS) is 1. The molecule has 3 aromatic rings. The van der Waals surface area contributed by atoms with Crippen molar-refractivity contribution >= 4 is 54.1 Å². The Morgan fingerprint density at radius 1 is 0.925 bits per heavy atom. The first kappa shape index (κ1) is 37.4. The molecule has 0 aromatic heterocycles. The number of rotatable bonds is 8. The number of nitrogens with zero attached hydrogens (tertiary/aromatic N) is 2. The highest BCUT2D eigenvalue weighted by atomic mass is 32.2. The van der Waals surface area contributed by atoms with E-state index in [4.69, 9.17) is 4.74 Å². The molecule has 3 atom stereocenters. The topological polar surface area (TPSA) is 162 Å². The van der Waals surface area contributed by atoms with Gasteiger partial charge >= 0.3 is 5.97 Å². The minimum absolute atomic E-state index is 0.0971. The second-order valence-electron chi connectivity index (χ2n) is 15.1. The van der Waals surface area contributed by atoms with Crippen LogP contribution in [0.2, 0.25) is 0 Å². The van der Waals surface area contributed by atoms with Crippen LogP contribution in [-0.2, 0) is 40.6 Å². The van der Waals surface area contributed by atoms with Gasteiger partial charge in [0.05, 0.1) is 22.5 Å². The summed E-state index contributed by atoms with van der Waals surface area (Å²) in [7, 11) is -9.66. The summed E-state index contributed by atoms with van der Waals surface area (Å²) in [5.74, 6) is -0.777. The molecule has 0 radical (unpaired) electrons. The molecule has 3 N–H and O–H groups in total.